The van der Waals surface area contributed by atoms with E-state index in [4.69, 9.17) is 4.74 Å². The maximum atomic E-state index is 11.8. The summed E-state index contributed by atoms with van der Waals surface area (Å²) in [6.07, 6.45) is 6.46. The topological polar surface area (TPSA) is 45.7 Å². The van der Waals surface area contributed by atoms with Gasteiger partial charge >= 0.3 is 0 Å². The predicted octanol–water partition coefficient (Wildman–Crippen LogP) is 1.23. The molecule has 1 aliphatic rings. The third-order valence-electron chi connectivity index (χ3n) is 3.66. The van der Waals surface area contributed by atoms with Gasteiger partial charge in [-0.3, -0.25) is 14.7 Å². The summed E-state index contributed by atoms with van der Waals surface area (Å²) in [7, 11) is 3.58. The molecule has 0 bridgehead atoms. The van der Waals surface area contributed by atoms with Crippen LogP contribution in [0.4, 0.5) is 0 Å². The monoisotopic (exact) mass is 289 g/mol. The predicted molar refractivity (Wildman–Crippen MR) is 81.8 cm³/mol. The molecule has 5 heteroatoms. The smallest absolute Gasteiger partial charge is 0.236 e. The highest BCUT2D eigenvalue weighted by atomic mass is 16.5. The van der Waals surface area contributed by atoms with E-state index >= 15 is 0 Å². The van der Waals surface area contributed by atoms with Crippen LogP contribution in [0, 0.1) is 0 Å². The number of aromatic nitrogens is 1. The van der Waals surface area contributed by atoms with Crippen molar-refractivity contribution in [1.82, 2.24) is 14.8 Å². The molecule has 0 spiro atoms. The van der Waals surface area contributed by atoms with E-state index in [9.17, 15) is 4.79 Å². The molecule has 21 heavy (non-hydrogen) atoms. The molecule has 0 radical (unpaired) electrons. The fourth-order valence-corrected chi connectivity index (χ4v) is 2.47. The van der Waals surface area contributed by atoms with E-state index in [0.717, 1.165) is 25.1 Å². The van der Waals surface area contributed by atoms with E-state index in [1.807, 2.05) is 12.4 Å². The first-order valence-electron chi connectivity index (χ1n) is 7.17. The number of carbonyl (C=O) groups is 1. The third-order valence-corrected chi connectivity index (χ3v) is 3.66. The summed E-state index contributed by atoms with van der Waals surface area (Å²) in [4.78, 5) is 19.9. The lowest BCUT2D eigenvalue weighted by atomic mass is 9.97. The van der Waals surface area contributed by atoms with E-state index in [-0.39, 0.29) is 5.91 Å². The van der Waals surface area contributed by atoms with Crippen molar-refractivity contribution in [3.05, 3.63) is 41.7 Å². The van der Waals surface area contributed by atoms with Gasteiger partial charge in [-0.1, -0.05) is 6.08 Å². The first-order valence-corrected chi connectivity index (χ1v) is 7.17. The second kappa shape index (κ2) is 7.33. The number of amides is 1. The van der Waals surface area contributed by atoms with E-state index < -0.39 is 0 Å². The lowest BCUT2D eigenvalue weighted by molar-refractivity contribution is -0.130. The number of fused-ring (bicyclic) bond motifs is 1. The Morgan fingerprint density at radius 3 is 3.05 bits per heavy atom. The molecule has 0 N–H and O–H groups in total. The molecule has 1 aromatic rings. The van der Waals surface area contributed by atoms with Gasteiger partial charge in [-0.25, -0.2) is 0 Å². The third kappa shape index (κ3) is 4.12. The summed E-state index contributed by atoms with van der Waals surface area (Å²) in [5.74, 6) is 0.136. The van der Waals surface area contributed by atoms with Crippen molar-refractivity contribution in [1.29, 1.82) is 0 Å². The molecule has 1 amide bonds. The van der Waals surface area contributed by atoms with Crippen molar-refractivity contribution in [3.8, 4) is 0 Å². The first-order chi connectivity index (χ1) is 10.1. The highest BCUT2D eigenvalue weighted by Crippen LogP contribution is 2.22. The fraction of sp³-hybridized carbons (Fsp3) is 0.500. The maximum Gasteiger partial charge on any atom is 0.236 e. The summed E-state index contributed by atoms with van der Waals surface area (Å²) in [5.41, 5.74) is 3.67. The molecule has 0 fully saturated rings. The lowest BCUT2D eigenvalue weighted by Crippen LogP contribution is -2.39. The van der Waals surface area contributed by atoms with Gasteiger partial charge < -0.3 is 9.64 Å². The van der Waals surface area contributed by atoms with Gasteiger partial charge in [-0.15, -0.1) is 6.58 Å². The largest absolute Gasteiger partial charge is 0.373 e. The minimum atomic E-state index is 0.136. The van der Waals surface area contributed by atoms with Gasteiger partial charge in [0, 0.05) is 39.6 Å². The van der Waals surface area contributed by atoms with Gasteiger partial charge in [-0.05, 0) is 23.1 Å². The van der Waals surface area contributed by atoms with Crippen LogP contribution >= 0.6 is 0 Å². The number of ether oxygens (including phenoxy) is 1. The highest BCUT2D eigenvalue weighted by Gasteiger charge is 2.21. The van der Waals surface area contributed by atoms with Gasteiger partial charge in [0.05, 0.1) is 19.8 Å². The normalized spacial score (nSPS) is 14.6. The molecule has 1 aromatic heterocycles. The zero-order valence-corrected chi connectivity index (χ0v) is 12.8. The molecule has 1 aliphatic heterocycles. The van der Waals surface area contributed by atoms with Crippen LogP contribution in [-0.4, -0.2) is 54.5 Å². The van der Waals surface area contributed by atoms with Crippen LogP contribution in [0.15, 0.2) is 25.0 Å². The number of likely N-dealkylation sites (N-methyl/N-ethyl adjacent to an activating group) is 1. The molecule has 2 heterocycles. The van der Waals surface area contributed by atoms with Gasteiger partial charge in [0.15, 0.2) is 0 Å². The van der Waals surface area contributed by atoms with E-state index in [0.29, 0.717) is 19.8 Å². The summed E-state index contributed by atoms with van der Waals surface area (Å²) >= 11 is 0. The Bertz CT molecular complexity index is 514. The van der Waals surface area contributed by atoms with Crippen molar-refractivity contribution in [2.75, 3.05) is 33.8 Å². The van der Waals surface area contributed by atoms with Gasteiger partial charge in [0.25, 0.3) is 0 Å². The molecule has 114 valence electrons. The fourth-order valence-electron chi connectivity index (χ4n) is 2.47. The van der Waals surface area contributed by atoms with Crippen LogP contribution in [0.25, 0.3) is 0 Å². The second-order valence-electron chi connectivity index (χ2n) is 5.49. The van der Waals surface area contributed by atoms with Crippen LogP contribution in [0.5, 0.6) is 0 Å². The Kier molecular flexibility index (Phi) is 5.47. The number of hydrogen-bond donors (Lipinski definition) is 0. The highest BCUT2D eigenvalue weighted by molar-refractivity contribution is 5.77. The zero-order chi connectivity index (χ0) is 15.2. The van der Waals surface area contributed by atoms with Crippen LogP contribution < -0.4 is 0 Å². The van der Waals surface area contributed by atoms with Crippen molar-refractivity contribution >= 4 is 5.91 Å². The molecule has 5 nitrogen and oxygen atoms in total. The van der Waals surface area contributed by atoms with Crippen LogP contribution in [0.1, 0.15) is 16.7 Å². The van der Waals surface area contributed by atoms with E-state index in [1.54, 1.807) is 25.1 Å². The SMILES string of the molecule is C=CCOCc1cncc2c1CCN(CC(=O)N(C)C)C2. The molecule has 0 aromatic carbocycles. The maximum absolute atomic E-state index is 11.8. The number of carbonyl (C=O) groups excluding carboxylic acids is 1. The zero-order valence-electron chi connectivity index (χ0n) is 12.8. The first kappa shape index (κ1) is 15.7. The molecule has 0 aliphatic carbocycles. The molecule has 0 unspecified atom stereocenters. The van der Waals surface area contributed by atoms with Gasteiger partial charge in [0.1, 0.15) is 0 Å². The Balaban J connectivity index is 2.02. The minimum absolute atomic E-state index is 0.136. The Morgan fingerprint density at radius 2 is 2.33 bits per heavy atom. The van der Waals surface area contributed by atoms with Gasteiger partial charge in [-0.2, -0.15) is 0 Å². The van der Waals surface area contributed by atoms with Crippen LogP contribution in [0.3, 0.4) is 0 Å². The lowest BCUT2D eigenvalue weighted by Gasteiger charge is -2.30. The van der Waals surface area contributed by atoms with Crippen LogP contribution in [0.2, 0.25) is 0 Å². The summed E-state index contributed by atoms with van der Waals surface area (Å²) < 4.78 is 5.53. The number of nitrogens with zero attached hydrogens (tertiary/aromatic N) is 3. The van der Waals surface area contributed by atoms with E-state index in [1.165, 1.54) is 11.1 Å². The summed E-state index contributed by atoms with van der Waals surface area (Å²) in [6, 6.07) is 0. The van der Waals surface area contributed by atoms with E-state index in [2.05, 4.69) is 16.5 Å². The average Bonchev–Trinajstić information content (AvgIpc) is 2.47. The van der Waals surface area contributed by atoms with Crippen molar-refractivity contribution in [2.24, 2.45) is 0 Å². The molecular formula is C16H23N3O2. The number of rotatable bonds is 6. The Labute approximate surface area is 126 Å². The standard InChI is InChI=1S/C16H23N3O2/c1-4-7-21-12-14-9-17-8-13-10-19(6-5-15(13)14)11-16(20)18(2)3/h4,8-9H,1,5-7,10-12H2,2-3H3. The molecular weight excluding hydrogens is 266 g/mol. The second-order valence-corrected chi connectivity index (χ2v) is 5.49. The minimum Gasteiger partial charge on any atom is -0.373 e. The Morgan fingerprint density at radius 1 is 1.52 bits per heavy atom. The Hall–Kier alpha value is -1.72. The van der Waals surface area contributed by atoms with Crippen molar-refractivity contribution in [3.63, 3.8) is 0 Å². The molecule has 0 atom stereocenters. The quantitative estimate of drug-likeness (QED) is 0.584. The summed E-state index contributed by atoms with van der Waals surface area (Å²) in [5, 5.41) is 0. The van der Waals surface area contributed by atoms with Gasteiger partial charge in [0.2, 0.25) is 5.91 Å². The molecule has 2 rings (SSSR count). The molecule has 0 saturated carbocycles. The van der Waals surface area contributed by atoms with Crippen molar-refractivity contribution < 1.29 is 9.53 Å². The number of pyridine rings is 1. The average molecular weight is 289 g/mol. The van der Waals surface area contributed by atoms with Crippen LogP contribution in [-0.2, 0) is 29.1 Å². The van der Waals surface area contributed by atoms with Crippen molar-refractivity contribution in [2.45, 2.75) is 19.6 Å². The summed E-state index contributed by atoms with van der Waals surface area (Å²) in [6.45, 7) is 6.90. The molecule has 0 saturated heterocycles. The number of hydrogen-bond acceptors (Lipinski definition) is 4.